The van der Waals surface area contributed by atoms with E-state index in [0.717, 1.165) is 17.0 Å². The smallest absolute Gasteiger partial charge is 0.317 e. The maximum Gasteiger partial charge on any atom is 0.317 e. The first-order chi connectivity index (χ1) is 58.1. The molecule has 670 valence electrons. The van der Waals surface area contributed by atoms with Gasteiger partial charge >= 0.3 is 29.8 Å². The molecule has 124 heavy (non-hydrogen) atoms. The molecular formula is C84H104N9O27S4+. The van der Waals surface area contributed by atoms with Gasteiger partial charge in [-0.05, 0) is 186 Å². The molecule has 40 heteroatoms. The number of nitrogens with one attached hydrogen (secondary N) is 3. The zero-order valence-corrected chi connectivity index (χ0v) is 72.3. The Morgan fingerprint density at radius 2 is 1.16 bits per heavy atom. The molecule has 2 fully saturated rings. The molecule has 4 atom stereocenters. The van der Waals surface area contributed by atoms with Crippen LogP contribution in [0, 0.1) is 11.8 Å². The topological polar surface area (TPSA) is 545 Å². The summed E-state index contributed by atoms with van der Waals surface area (Å²) >= 11 is 0. The number of aliphatic carboxylic acids is 5. The number of hydrogen-bond acceptors (Lipinski definition) is 22. The van der Waals surface area contributed by atoms with Crippen molar-refractivity contribution in [3.63, 3.8) is 0 Å². The van der Waals surface area contributed by atoms with E-state index in [1.54, 1.807) is 48.6 Å². The fraction of sp³-hybridized carbons (Fsp3) is 0.464. The van der Waals surface area contributed by atoms with Gasteiger partial charge in [0.15, 0.2) is 5.71 Å². The largest absolute Gasteiger partial charge is 0.480 e. The third kappa shape index (κ3) is 23.5. The summed E-state index contributed by atoms with van der Waals surface area (Å²) < 4.78 is 145. The van der Waals surface area contributed by atoms with Crippen LogP contribution in [0.25, 0.3) is 21.5 Å². The van der Waals surface area contributed by atoms with Crippen molar-refractivity contribution in [2.75, 3.05) is 75.7 Å². The van der Waals surface area contributed by atoms with Gasteiger partial charge in [0.2, 0.25) is 23.4 Å². The highest BCUT2D eigenvalue weighted by molar-refractivity contribution is 7.87. The molecule has 5 amide bonds. The van der Waals surface area contributed by atoms with Crippen LogP contribution in [0.1, 0.15) is 148 Å². The summed E-state index contributed by atoms with van der Waals surface area (Å²) in [6.07, 6.45) is 16.8. The summed E-state index contributed by atoms with van der Waals surface area (Å²) in [5, 5.41) is 58.9. The number of amides is 5. The van der Waals surface area contributed by atoms with E-state index in [9.17, 15) is 125 Å². The maximum atomic E-state index is 14.6. The third-order valence-electron chi connectivity index (χ3n) is 23.7. The van der Waals surface area contributed by atoms with Gasteiger partial charge in [-0.1, -0.05) is 63.5 Å². The van der Waals surface area contributed by atoms with E-state index in [0.29, 0.717) is 135 Å². The highest BCUT2D eigenvalue weighted by Gasteiger charge is 2.47. The van der Waals surface area contributed by atoms with E-state index in [1.807, 2.05) is 50.2 Å². The average Bonchev–Trinajstić information content (AvgIpc) is 1.57. The first kappa shape index (κ1) is 95.7. The lowest BCUT2D eigenvalue weighted by Gasteiger charge is -2.45. The molecule has 0 saturated heterocycles. The molecular weight excluding hydrogens is 1700 g/mol. The molecule has 0 bridgehead atoms. The van der Waals surface area contributed by atoms with Crippen LogP contribution in [0.4, 0.5) is 17.1 Å². The Kier molecular flexibility index (Phi) is 30.7. The number of imide groups is 1. The third-order valence-corrected chi connectivity index (χ3v) is 27.1. The minimum absolute atomic E-state index is 0.0106. The molecule has 5 aromatic rings. The summed E-state index contributed by atoms with van der Waals surface area (Å²) in [6, 6.07) is 12.1. The number of carboxylic acid groups (broad SMARTS) is 5. The Morgan fingerprint density at radius 1 is 0.589 bits per heavy atom. The standard InChI is InChI=1S/C84H103N9O27S4/c1-6-91-66-32-31-59-61(40-58(122(112,113)114)42-68(59)123(115,116)117)80(66)84(4,5)71(91)21-10-7-9-20-70-83(2,3)62-39-54-38-57(121(109,110)111)41-69(124(118,119)120)60(54)43-67(62)92(70)36-16-8-11-22-72(94)87-63(17-14-15-35-85-81(107)53-27-23-52(24-28-53)44-93-73(95)33-34-74(93)96)82(108)86-55-29-25-51(26-30-55)37-56(88(46-75(97)98)47-76(99)100)45-89(48-77(101)102)64-18-12-13-19-65(64)90(49-78(103)104)50-79(105)106/h7,9-10,20-21,25-26,29-34,38-43,52-53,56,63-65H,6,8,11-19,22-24,27-28,35-37,44-50H2,1-5H3,(H11-,85,86,87,94,97,98,99,100,101,102,103,104,105,106,107,108,109,110,111,112,113,114,115,116,117,118,119,120)/p+1/t52?,53?,56-,63+,64+,65+/m1/s1. The first-order valence-corrected chi connectivity index (χ1v) is 46.3. The highest BCUT2D eigenvalue weighted by Crippen LogP contribution is 2.51. The van der Waals surface area contributed by atoms with Crippen LogP contribution in [0.3, 0.4) is 0 Å². The van der Waals surface area contributed by atoms with Crippen molar-refractivity contribution < 1.29 is 130 Å². The molecule has 0 aromatic heterocycles. The van der Waals surface area contributed by atoms with E-state index in [4.69, 9.17) is 0 Å². The second-order valence-corrected chi connectivity index (χ2v) is 38.6. The van der Waals surface area contributed by atoms with Crippen LogP contribution in [0.5, 0.6) is 0 Å². The van der Waals surface area contributed by atoms with Gasteiger partial charge < -0.3 is 46.4 Å². The quantitative estimate of drug-likeness (QED) is 0.00594. The predicted molar refractivity (Wildman–Crippen MR) is 452 cm³/mol. The summed E-state index contributed by atoms with van der Waals surface area (Å²) in [7, 11) is -20.2. The van der Waals surface area contributed by atoms with Gasteiger partial charge in [0.1, 0.15) is 22.4 Å². The molecule has 0 unspecified atom stereocenters. The van der Waals surface area contributed by atoms with Crippen molar-refractivity contribution in [3.05, 3.63) is 138 Å². The molecule has 3 heterocycles. The van der Waals surface area contributed by atoms with Crippen molar-refractivity contribution in [1.29, 1.82) is 0 Å². The van der Waals surface area contributed by atoms with E-state index >= 15 is 0 Å². The van der Waals surface area contributed by atoms with E-state index in [1.165, 1.54) is 51.1 Å². The monoisotopic (exact) mass is 1800 g/mol. The van der Waals surface area contributed by atoms with Crippen LogP contribution < -0.4 is 20.9 Å². The predicted octanol–water partition coefficient (Wildman–Crippen LogP) is 7.42. The van der Waals surface area contributed by atoms with Crippen molar-refractivity contribution in [2.24, 2.45) is 11.8 Å². The van der Waals surface area contributed by atoms with Gasteiger partial charge in [0, 0.05) is 120 Å². The maximum absolute atomic E-state index is 14.6. The van der Waals surface area contributed by atoms with Gasteiger partial charge in [-0.3, -0.25) is 85.8 Å². The number of carbonyl (C=O) groups excluding carboxylic acids is 5. The zero-order valence-electron chi connectivity index (χ0n) is 69.0. The lowest BCUT2D eigenvalue weighted by molar-refractivity contribution is -0.433. The Balaban J connectivity index is 0.874. The normalized spacial score (nSPS) is 19.4. The van der Waals surface area contributed by atoms with E-state index in [2.05, 4.69) is 16.0 Å². The molecule has 5 aromatic carbocycles. The molecule has 0 radical (unpaired) electrons. The minimum atomic E-state index is -5.15. The van der Waals surface area contributed by atoms with Crippen molar-refractivity contribution in [1.82, 2.24) is 30.2 Å². The summed E-state index contributed by atoms with van der Waals surface area (Å²) in [6.45, 7) is 6.46. The zero-order chi connectivity index (χ0) is 90.9. The summed E-state index contributed by atoms with van der Waals surface area (Å²) in [4.78, 5) is 132. The van der Waals surface area contributed by atoms with Crippen molar-refractivity contribution in [3.8, 4) is 0 Å². The lowest BCUT2D eigenvalue weighted by atomic mass is 9.79. The second kappa shape index (κ2) is 39.8. The molecule has 5 aliphatic rings. The Hall–Kier alpha value is -10.5. The number of unbranched alkanes of at least 4 members (excludes halogenated alkanes) is 3. The molecule has 2 aliphatic carbocycles. The summed E-state index contributed by atoms with van der Waals surface area (Å²) in [5.74, 6) is -9.14. The average molecular weight is 1800 g/mol. The second-order valence-electron chi connectivity index (χ2n) is 32.9. The van der Waals surface area contributed by atoms with Gasteiger partial charge in [-0.25, -0.2) is 0 Å². The lowest BCUT2D eigenvalue weighted by Crippen LogP contribution is -2.59. The molecule has 2 saturated carbocycles. The first-order valence-electron chi connectivity index (χ1n) is 40.6. The molecule has 3 aliphatic heterocycles. The molecule has 10 rings (SSSR count). The number of carboxylic acids is 5. The number of rotatable bonds is 42. The Bertz CT molecular complexity index is 5630. The Labute approximate surface area is 717 Å². The van der Waals surface area contributed by atoms with Crippen LogP contribution in [0.2, 0.25) is 0 Å². The van der Waals surface area contributed by atoms with Crippen LogP contribution >= 0.6 is 0 Å². The SMILES string of the molecule is CC[N+]1=C(/C=C/C=C/C=C2/N(CCCCCC(=O)N[C@@H](CCCCNC(=O)C3CCC(CN4C(=O)C=CC4=O)CC3)C(=O)Nc3ccc(C[C@H](CN(CC(=O)O)[C@H]4CCCC[C@@H]4N(CC(=O)O)CC(=O)O)N(CC(=O)O)CC(=O)O)cc3)c3cc4c(S(=O)(=O)O)cc(S(=O)(=O)O)cc4cc3C2(C)C)C(C)(C)c2c1ccc1c(S(=O)(=O)O)cc(S(=O)(=O)O)cc21. The van der Waals surface area contributed by atoms with Gasteiger partial charge in [0.05, 0.1) is 47.9 Å². The van der Waals surface area contributed by atoms with Gasteiger partial charge in [0.25, 0.3) is 52.3 Å². The molecule has 0 spiro atoms. The highest BCUT2D eigenvalue weighted by atomic mass is 32.2. The minimum Gasteiger partial charge on any atom is -0.480 e. The fourth-order valence-corrected chi connectivity index (χ4v) is 20.6. The number of allylic oxidation sites excluding steroid dienone is 6. The van der Waals surface area contributed by atoms with Crippen molar-refractivity contribution >= 4 is 144 Å². The number of fused-ring (bicyclic) bond motifs is 5. The molecule has 36 nitrogen and oxygen atoms in total. The molecule has 12 N–H and O–H groups in total. The number of anilines is 2. The van der Waals surface area contributed by atoms with Gasteiger partial charge in [-0.15, -0.1) is 0 Å². The van der Waals surface area contributed by atoms with Gasteiger partial charge in [-0.2, -0.15) is 38.2 Å². The van der Waals surface area contributed by atoms with Crippen molar-refractivity contribution in [2.45, 2.75) is 192 Å². The van der Waals surface area contributed by atoms with Crippen LogP contribution in [-0.4, -0.2) is 256 Å². The van der Waals surface area contributed by atoms with E-state index in [-0.39, 0.29) is 109 Å². The van der Waals surface area contributed by atoms with Crippen LogP contribution in [0.15, 0.2) is 141 Å². The number of carbonyl (C=O) groups is 10. The van der Waals surface area contributed by atoms with E-state index < -0.39 is 169 Å². The fourth-order valence-electron chi connectivity index (χ4n) is 17.9. The number of hydrogen-bond donors (Lipinski definition) is 12. The number of nitrogens with zero attached hydrogens (tertiary/aromatic N) is 6. The number of benzene rings is 5. The van der Waals surface area contributed by atoms with Crippen LogP contribution in [-0.2, 0) is 106 Å². The Morgan fingerprint density at radius 3 is 1.73 bits per heavy atom. The summed E-state index contributed by atoms with van der Waals surface area (Å²) in [5.41, 5.74) is 2.25.